The number of fused-ring (bicyclic) bond motifs is 5. The van der Waals surface area contributed by atoms with Gasteiger partial charge in [-0.05, 0) is 78.5 Å². The summed E-state index contributed by atoms with van der Waals surface area (Å²) in [7, 11) is 0. The van der Waals surface area contributed by atoms with Gasteiger partial charge in [-0.2, -0.15) is 15.1 Å². The van der Waals surface area contributed by atoms with Crippen LogP contribution in [-0.2, 0) is 26.0 Å². The van der Waals surface area contributed by atoms with Crippen LogP contribution in [0.5, 0.6) is 11.8 Å². The Labute approximate surface area is 258 Å². The Kier molecular flexibility index (Phi) is 5.88. The molecule has 9 nitrogen and oxygen atoms in total. The van der Waals surface area contributed by atoms with E-state index in [1.807, 2.05) is 13.1 Å². The Balaban J connectivity index is 1.17. The lowest BCUT2D eigenvalue weighted by Crippen LogP contribution is -2.51. The number of aromatic hydroxyl groups is 1. The number of piperazine rings is 1. The van der Waals surface area contributed by atoms with Crippen LogP contribution in [0.3, 0.4) is 0 Å². The van der Waals surface area contributed by atoms with Crippen LogP contribution < -0.4 is 15.0 Å². The lowest BCUT2D eigenvalue weighted by molar-refractivity contribution is 0.280. The van der Waals surface area contributed by atoms with Gasteiger partial charge in [-0.15, -0.1) is 0 Å². The molecule has 2 aromatic carbocycles. The zero-order valence-electron chi connectivity index (χ0n) is 25.0. The van der Waals surface area contributed by atoms with Crippen molar-refractivity contribution in [3.05, 3.63) is 65.1 Å². The second-order valence-electron chi connectivity index (χ2n) is 13.3. The molecule has 6 heterocycles. The van der Waals surface area contributed by atoms with Crippen LogP contribution in [0.25, 0.3) is 32.9 Å². The normalized spacial score (nSPS) is 21.3. The Hall–Kier alpha value is -4.38. The van der Waals surface area contributed by atoms with Crippen molar-refractivity contribution in [2.45, 2.75) is 70.7 Å². The van der Waals surface area contributed by atoms with E-state index in [0.717, 1.165) is 44.5 Å². The van der Waals surface area contributed by atoms with Crippen LogP contribution in [0, 0.1) is 17.0 Å². The number of anilines is 1. The van der Waals surface area contributed by atoms with E-state index < -0.39 is 5.82 Å². The number of aromatic nitrogens is 5. The van der Waals surface area contributed by atoms with Gasteiger partial charge in [0.15, 0.2) is 5.82 Å². The number of ether oxygens (including phenoxy) is 1. The van der Waals surface area contributed by atoms with Crippen LogP contribution in [0.2, 0.25) is 0 Å². The summed E-state index contributed by atoms with van der Waals surface area (Å²) in [6, 6.07) is 6.72. The molecule has 11 heteroatoms. The fraction of sp³-hybridized carbons (Fsp3) is 0.412. The number of pyridine rings is 1. The minimum atomic E-state index is -0.667. The predicted octanol–water partition coefficient (Wildman–Crippen LogP) is 5.44. The molecule has 2 N–H and O–H groups in total. The number of phenols is 1. The summed E-state index contributed by atoms with van der Waals surface area (Å²) in [4.78, 5) is 16.2. The van der Waals surface area contributed by atoms with E-state index in [1.54, 1.807) is 18.3 Å². The minimum Gasteiger partial charge on any atom is -0.508 e. The number of hydrogen-bond acceptors (Lipinski definition) is 8. The summed E-state index contributed by atoms with van der Waals surface area (Å²) in [5.74, 6) is -0.520. The van der Waals surface area contributed by atoms with Crippen molar-refractivity contribution in [2.24, 2.45) is 5.41 Å². The average Bonchev–Trinajstić information content (AvgIpc) is 3.36. The number of hydrogen-bond donors (Lipinski definition) is 2. The highest BCUT2D eigenvalue weighted by molar-refractivity contribution is 6.01. The van der Waals surface area contributed by atoms with Gasteiger partial charge in [-0.25, -0.2) is 8.78 Å². The molecule has 0 unspecified atom stereocenters. The average molecular weight is 610 g/mol. The first-order chi connectivity index (χ1) is 21.9. The molecule has 4 aliphatic rings. The van der Waals surface area contributed by atoms with Gasteiger partial charge >= 0.3 is 6.01 Å². The molecule has 45 heavy (non-hydrogen) atoms. The summed E-state index contributed by atoms with van der Waals surface area (Å²) >= 11 is 0. The molecule has 3 fully saturated rings. The summed E-state index contributed by atoms with van der Waals surface area (Å²) in [5.41, 5.74) is 3.38. The van der Waals surface area contributed by atoms with Crippen molar-refractivity contribution in [1.29, 1.82) is 0 Å². The molecule has 2 atom stereocenters. The van der Waals surface area contributed by atoms with Gasteiger partial charge in [0, 0.05) is 54.7 Å². The van der Waals surface area contributed by atoms with Crippen molar-refractivity contribution < 1.29 is 18.6 Å². The van der Waals surface area contributed by atoms with Gasteiger partial charge in [-0.1, -0.05) is 13.0 Å². The zero-order chi connectivity index (χ0) is 30.4. The second-order valence-corrected chi connectivity index (χ2v) is 13.3. The summed E-state index contributed by atoms with van der Waals surface area (Å²) in [5, 5.41) is 20.4. The van der Waals surface area contributed by atoms with E-state index in [4.69, 9.17) is 9.72 Å². The number of nitrogens with one attached hydrogen (secondary N) is 1. The highest BCUT2D eigenvalue weighted by Gasteiger charge is 2.48. The maximum absolute atomic E-state index is 16.8. The number of halogens is 2. The summed E-state index contributed by atoms with van der Waals surface area (Å²) in [6.07, 6.45) is 9.47. The first-order valence-corrected chi connectivity index (χ1v) is 15.9. The van der Waals surface area contributed by atoms with E-state index in [2.05, 4.69) is 30.0 Å². The second kappa shape index (κ2) is 9.81. The maximum atomic E-state index is 16.8. The van der Waals surface area contributed by atoms with E-state index in [9.17, 15) is 9.50 Å². The van der Waals surface area contributed by atoms with Crippen LogP contribution in [0.4, 0.5) is 14.6 Å². The molecule has 2 saturated heterocycles. The van der Waals surface area contributed by atoms with Crippen LogP contribution in [-0.4, -0.2) is 55.0 Å². The number of rotatable bonds is 6. The molecule has 2 bridgehead atoms. The third-order valence-electron chi connectivity index (χ3n) is 10.3. The largest absolute Gasteiger partial charge is 0.508 e. The first kappa shape index (κ1) is 27.0. The summed E-state index contributed by atoms with van der Waals surface area (Å²) in [6.45, 7) is 4.52. The highest BCUT2D eigenvalue weighted by Crippen LogP contribution is 2.53. The Morgan fingerprint density at radius 3 is 2.69 bits per heavy atom. The Morgan fingerprint density at radius 2 is 1.91 bits per heavy atom. The molecular formula is C34H33F2N7O2. The number of phenolic OH excluding ortho intramolecular Hbond substituents is 1. The number of benzene rings is 2. The van der Waals surface area contributed by atoms with Crippen molar-refractivity contribution >= 4 is 27.5 Å². The quantitative estimate of drug-likeness (QED) is 0.263. The molecule has 1 aliphatic carbocycles. The van der Waals surface area contributed by atoms with E-state index >= 15 is 4.39 Å². The monoisotopic (exact) mass is 609 g/mol. The number of aryl methyl sites for hydroxylation is 1. The van der Waals surface area contributed by atoms with Crippen molar-refractivity contribution in [3.8, 4) is 23.0 Å². The highest BCUT2D eigenvalue weighted by atomic mass is 19.1. The molecule has 0 radical (unpaired) electrons. The van der Waals surface area contributed by atoms with Crippen LogP contribution >= 0.6 is 0 Å². The molecule has 0 amide bonds. The predicted molar refractivity (Wildman–Crippen MR) is 165 cm³/mol. The standard InChI is InChI=1S/C34H33F2N7O2/c1-2-23-26(35)6-3-18-9-22(44)10-24(28(18)23)30-29(36)31-25(13-37-30)32(42-14-20-4-5-21(15-42)39-20)41-33(40-31)45-16-19-12-38-43-17-34(7-8-34)11-27(19)43/h3,6,9-10,12-13,20-21,39,44H,2,4-5,7-8,11,14-17H2,1H3/t20-,21+. The fourth-order valence-corrected chi connectivity index (χ4v) is 7.81. The molecule has 1 spiro atoms. The SMILES string of the molecule is CCc1c(F)ccc2cc(O)cc(-c3ncc4c(N5C[C@H]6CC[C@@H](C5)N6)nc(OCc5cnn6c5CC5(CC5)C6)nc4c3F)c12. The molecule has 9 rings (SSSR count). The van der Waals surface area contributed by atoms with Crippen LogP contribution in [0.1, 0.15) is 49.4 Å². The third kappa shape index (κ3) is 4.34. The number of nitrogens with zero attached hydrogens (tertiary/aromatic N) is 6. The first-order valence-electron chi connectivity index (χ1n) is 15.9. The Bertz CT molecular complexity index is 2010. The van der Waals surface area contributed by atoms with Crippen molar-refractivity contribution in [3.63, 3.8) is 0 Å². The van der Waals surface area contributed by atoms with Gasteiger partial charge in [0.1, 0.15) is 35.2 Å². The van der Waals surface area contributed by atoms with Crippen LogP contribution in [0.15, 0.2) is 36.7 Å². The summed E-state index contributed by atoms with van der Waals surface area (Å²) < 4.78 is 40.1. The smallest absolute Gasteiger partial charge is 0.319 e. The molecule has 3 aliphatic heterocycles. The van der Waals surface area contributed by atoms with E-state index in [1.165, 1.54) is 30.7 Å². The molecule has 5 aromatic rings. The lowest BCUT2D eigenvalue weighted by Gasteiger charge is -2.34. The molecule has 230 valence electrons. The minimum absolute atomic E-state index is 0.0103. The van der Waals surface area contributed by atoms with Crippen molar-refractivity contribution in [1.82, 2.24) is 30.0 Å². The van der Waals surface area contributed by atoms with E-state index in [-0.39, 0.29) is 35.4 Å². The van der Waals surface area contributed by atoms with Gasteiger partial charge < -0.3 is 20.1 Å². The van der Waals surface area contributed by atoms with E-state index in [0.29, 0.717) is 57.0 Å². The third-order valence-corrected chi connectivity index (χ3v) is 10.3. The topological polar surface area (TPSA) is 101 Å². The molecule has 3 aromatic heterocycles. The van der Waals surface area contributed by atoms with Gasteiger partial charge in [-0.3, -0.25) is 9.67 Å². The van der Waals surface area contributed by atoms with Gasteiger partial charge in [0.05, 0.1) is 11.6 Å². The fourth-order valence-electron chi connectivity index (χ4n) is 7.81. The zero-order valence-corrected chi connectivity index (χ0v) is 25.0. The Morgan fingerprint density at radius 1 is 1.09 bits per heavy atom. The van der Waals surface area contributed by atoms with Gasteiger partial charge in [0.25, 0.3) is 0 Å². The van der Waals surface area contributed by atoms with Crippen molar-refractivity contribution in [2.75, 3.05) is 18.0 Å². The maximum Gasteiger partial charge on any atom is 0.319 e. The molecule has 1 saturated carbocycles. The van der Waals surface area contributed by atoms with Gasteiger partial charge in [0.2, 0.25) is 0 Å². The lowest BCUT2D eigenvalue weighted by atomic mass is 9.94. The molecular weight excluding hydrogens is 576 g/mol.